The molecule has 0 bridgehead atoms. The summed E-state index contributed by atoms with van der Waals surface area (Å²) >= 11 is 5.85. The Labute approximate surface area is 78.7 Å². The fourth-order valence-corrected chi connectivity index (χ4v) is 3.16. The third-order valence-corrected chi connectivity index (χ3v) is 3.81. The second kappa shape index (κ2) is 2.66. The molecular formula is C7H4ClNO2Se. The van der Waals surface area contributed by atoms with Crippen LogP contribution in [0.15, 0.2) is 12.1 Å². The van der Waals surface area contributed by atoms with Crippen LogP contribution in [0, 0.1) is 0 Å². The molecule has 0 aliphatic rings. The zero-order valence-corrected chi connectivity index (χ0v) is 8.27. The first-order valence-electron chi connectivity index (χ1n) is 3.18. The molecule has 0 atom stereocenters. The number of aromatic amines is 1. The molecule has 2 heterocycles. The molecule has 0 unspecified atom stereocenters. The van der Waals surface area contributed by atoms with Crippen LogP contribution in [-0.4, -0.2) is 30.6 Å². The van der Waals surface area contributed by atoms with E-state index in [9.17, 15) is 4.79 Å². The van der Waals surface area contributed by atoms with E-state index in [2.05, 4.69) is 4.98 Å². The van der Waals surface area contributed by atoms with Gasteiger partial charge in [-0.05, 0) is 0 Å². The molecule has 0 amide bonds. The van der Waals surface area contributed by atoms with Gasteiger partial charge in [0.2, 0.25) is 0 Å². The molecule has 0 aromatic carbocycles. The molecule has 5 heteroatoms. The summed E-state index contributed by atoms with van der Waals surface area (Å²) in [5.74, 6) is -0.926. The Balaban J connectivity index is 2.64. The molecule has 2 aromatic heterocycles. The summed E-state index contributed by atoms with van der Waals surface area (Å²) in [7, 11) is 0. The number of aromatic nitrogens is 1. The van der Waals surface area contributed by atoms with Gasteiger partial charge in [0.1, 0.15) is 0 Å². The van der Waals surface area contributed by atoms with Crippen molar-refractivity contribution in [1.29, 1.82) is 0 Å². The van der Waals surface area contributed by atoms with E-state index in [0.717, 1.165) is 13.7 Å². The van der Waals surface area contributed by atoms with Crippen molar-refractivity contribution in [2.24, 2.45) is 0 Å². The fraction of sp³-hybridized carbons (Fsp3) is 0. The Kier molecular flexibility index (Phi) is 1.76. The molecule has 0 spiro atoms. The van der Waals surface area contributed by atoms with Gasteiger partial charge in [0.25, 0.3) is 0 Å². The first-order chi connectivity index (χ1) is 5.66. The molecule has 12 heavy (non-hydrogen) atoms. The number of H-pyrrole nitrogens is 1. The van der Waals surface area contributed by atoms with E-state index in [1.165, 1.54) is 0 Å². The molecule has 3 nitrogen and oxygen atoms in total. The van der Waals surface area contributed by atoms with Crippen LogP contribution in [-0.2, 0) is 0 Å². The van der Waals surface area contributed by atoms with Gasteiger partial charge in [0.05, 0.1) is 0 Å². The number of hydrogen-bond donors (Lipinski definition) is 2. The number of carbonyl (C=O) groups is 1. The van der Waals surface area contributed by atoms with E-state index in [4.69, 9.17) is 16.7 Å². The Morgan fingerprint density at radius 3 is 2.92 bits per heavy atom. The van der Waals surface area contributed by atoms with Gasteiger partial charge in [0, 0.05) is 0 Å². The van der Waals surface area contributed by atoms with Crippen molar-refractivity contribution in [2.75, 3.05) is 0 Å². The van der Waals surface area contributed by atoms with Gasteiger partial charge in [-0.2, -0.15) is 0 Å². The van der Waals surface area contributed by atoms with Gasteiger partial charge in [0.15, 0.2) is 0 Å². The van der Waals surface area contributed by atoms with Crippen molar-refractivity contribution in [2.45, 2.75) is 0 Å². The number of rotatable bonds is 1. The minimum atomic E-state index is -0.926. The zero-order chi connectivity index (χ0) is 8.72. The fourth-order valence-electron chi connectivity index (χ4n) is 1.01. The van der Waals surface area contributed by atoms with Crippen LogP contribution < -0.4 is 0 Å². The van der Waals surface area contributed by atoms with Crippen molar-refractivity contribution < 1.29 is 9.90 Å². The Bertz CT molecular complexity index is 414. The number of fused-ring (bicyclic) bond motifs is 1. The topological polar surface area (TPSA) is 53.1 Å². The molecule has 0 saturated heterocycles. The number of hydrogen-bond acceptors (Lipinski definition) is 1. The quantitative estimate of drug-likeness (QED) is 0.753. The Morgan fingerprint density at radius 1 is 1.58 bits per heavy atom. The molecule has 2 rings (SSSR count). The predicted octanol–water partition coefficient (Wildman–Crippen LogP) is 1.58. The van der Waals surface area contributed by atoms with E-state index in [0.29, 0.717) is 0 Å². The standard InChI is InChI=1S/C7H4ClNO2Se/c8-5-2-3-1-4(7(10)11)9-6(3)12-5/h1-2,9H,(H,10,11). The summed E-state index contributed by atoms with van der Waals surface area (Å²) in [5.41, 5.74) is 0.238. The van der Waals surface area contributed by atoms with Crippen LogP contribution in [0.5, 0.6) is 0 Å². The Morgan fingerprint density at radius 2 is 2.33 bits per heavy atom. The van der Waals surface area contributed by atoms with Crippen LogP contribution in [0.1, 0.15) is 10.5 Å². The maximum atomic E-state index is 10.5. The molecule has 0 saturated carbocycles. The predicted molar refractivity (Wildman–Crippen MR) is 47.2 cm³/mol. The van der Waals surface area contributed by atoms with Gasteiger partial charge in [-0.3, -0.25) is 0 Å². The maximum absolute atomic E-state index is 10.5. The normalized spacial score (nSPS) is 10.8. The van der Waals surface area contributed by atoms with Crippen LogP contribution in [0.3, 0.4) is 0 Å². The van der Waals surface area contributed by atoms with Gasteiger partial charge < -0.3 is 0 Å². The summed E-state index contributed by atoms with van der Waals surface area (Å²) in [6.45, 7) is 0. The second-order valence-electron chi connectivity index (χ2n) is 2.32. The number of carboxylic acids is 1. The molecule has 2 N–H and O–H groups in total. The summed E-state index contributed by atoms with van der Waals surface area (Å²) in [5, 5.41) is 9.54. The minimum absolute atomic E-state index is 0.0740. The Hall–Kier alpha value is -0.701. The average molecular weight is 249 g/mol. The molecule has 0 aliphatic heterocycles. The van der Waals surface area contributed by atoms with E-state index < -0.39 is 5.97 Å². The van der Waals surface area contributed by atoms with E-state index >= 15 is 0 Å². The van der Waals surface area contributed by atoms with Crippen LogP contribution in [0.4, 0.5) is 0 Å². The van der Waals surface area contributed by atoms with Crippen molar-refractivity contribution in [3.05, 3.63) is 21.7 Å². The molecule has 0 radical (unpaired) electrons. The zero-order valence-electron chi connectivity index (χ0n) is 5.80. The summed E-state index contributed by atoms with van der Waals surface area (Å²) < 4.78 is 1.76. The first-order valence-corrected chi connectivity index (χ1v) is 5.27. The monoisotopic (exact) mass is 249 g/mol. The number of nitrogens with one attached hydrogen (secondary N) is 1. The molecule has 0 fully saturated rings. The van der Waals surface area contributed by atoms with Gasteiger partial charge in [-0.25, -0.2) is 0 Å². The van der Waals surface area contributed by atoms with Gasteiger partial charge in [-0.1, -0.05) is 0 Å². The van der Waals surface area contributed by atoms with Crippen LogP contribution in [0.2, 0.25) is 3.90 Å². The van der Waals surface area contributed by atoms with E-state index in [1.807, 2.05) is 0 Å². The van der Waals surface area contributed by atoms with Crippen molar-refractivity contribution in [3.8, 4) is 0 Å². The van der Waals surface area contributed by atoms with Crippen LogP contribution >= 0.6 is 11.6 Å². The number of aromatic carboxylic acids is 1. The third-order valence-electron chi connectivity index (χ3n) is 1.51. The number of carboxylic acid groups (broad SMARTS) is 1. The van der Waals surface area contributed by atoms with Crippen molar-refractivity contribution >= 4 is 41.9 Å². The summed E-state index contributed by atoms with van der Waals surface area (Å²) in [6.07, 6.45) is 0. The number of halogens is 1. The van der Waals surface area contributed by atoms with Gasteiger partial charge >= 0.3 is 78.5 Å². The molecule has 2 aromatic rings. The SMILES string of the molecule is O=C(O)c1cc2cc(Cl)[se]c2[nH]1. The van der Waals surface area contributed by atoms with Gasteiger partial charge in [-0.15, -0.1) is 0 Å². The van der Waals surface area contributed by atoms with Crippen molar-refractivity contribution in [3.63, 3.8) is 0 Å². The van der Waals surface area contributed by atoms with Crippen molar-refractivity contribution in [1.82, 2.24) is 4.98 Å². The summed E-state index contributed by atoms with van der Waals surface area (Å²) in [6, 6.07) is 3.41. The molecule has 62 valence electrons. The molecule has 0 aliphatic carbocycles. The van der Waals surface area contributed by atoms with E-state index in [-0.39, 0.29) is 20.2 Å². The third kappa shape index (κ3) is 1.18. The second-order valence-corrected chi connectivity index (χ2v) is 5.45. The summed E-state index contributed by atoms with van der Waals surface area (Å²) in [4.78, 5) is 13.3. The van der Waals surface area contributed by atoms with Crippen LogP contribution in [0.25, 0.3) is 9.78 Å². The molecular weight excluding hydrogens is 244 g/mol. The average Bonchev–Trinajstić information content (AvgIpc) is 2.42. The first kappa shape index (κ1) is 7.92. The van der Waals surface area contributed by atoms with E-state index in [1.54, 1.807) is 12.1 Å².